The van der Waals surface area contributed by atoms with Crippen LogP contribution in [0.1, 0.15) is 44.6 Å². The molecule has 0 amide bonds. The topological polar surface area (TPSA) is 88.8 Å². The van der Waals surface area contributed by atoms with E-state index in [1.54, 1.807) is 7.11 Å². The quantitative estimate of drug-likeness (QED) is 0.786. The fraction of sp³-hybridized carbons (Fsp3) is 0.619. The first-order valence-corrected chi connectivity index (χ1v) is 9.42. The molecule has 2 saturated carbocycles. The second kappa shape index (κ2) is 7.40. The van der Waals surface area contributed by atoms with Gasteiger partial charge < -0.3 is 19.3 Å². The van der Waals surface area contributed by atoms with Crippen LogP contribution in [0.5, 0.6) is 11.5 Å². The number of methoxy groups -OCH3 is 2. The van der Waals surface area contributed by atoms with Crippen LogP contribution in [0, 0.1) is 23.2 Å². The Morgan fingerprint density at radius 2 is 2.04 bits per heavy atom. The summed E-state index contributed by atoms with van der Waals surface area (Å²) in [4.78, 5) is 11.8. The predicted molar refractivity (Wildman–Crippen MR) is 98.9 cm³/mol. The van der Waals surface area contributed by atoms with Gasteiger partial charge in [0.05, 0.1) is 25.2 Å². The van der Waals surface area contributed by atoms with Crippen molar-refractivity contribution >= 4 is 5.97 Å². The summed E-state index contributed by atoms with van der Waals surface area (Å²) in [7, 11) is 3.03. The Morgan fingerprint density at radius 1 is 1.30 bits per heavy atom. The number of hydrogen-bond acceptors (Lipinski definition) is 5. The van der Waals surface area contributed by atoms with Crippen molar-refractivity contribution < 1.29 is 24.1 Å². The average molecular weight is 373 g/mol. The molecule has 1 aromatic rings. The molecule has 6 heteroatoms. The van der Waals surface area contributed by atoms with Crippen molar-refractivity contribution in [1.82, 2.24) is 0 Å². The van der Waals surface area contributed by atoms with Crippen LogP contribution < -0.4 is 9.47 Å². The molecule has 2 fully saturated rings. The van der Waals surface area contributed by atoms with E-state index >= 15 is 0 Å². The van der Waals surface area contributed by atoms with E-state index in [9.17, 15) is 15.2 Å². The third-order valence-corrected chi connectivity index (χ3v) is 6.20. The van der Waals surface area contributed by atoms with Crippen LogP contribution in [0.3, 0.4) is 0 Å². The number of aliphatic carboxylic acids is 1. The first kappa shape index (κ1) is 19.5. The van der Waals surface area contributed by atoms with Crippen molar-refractivity contribution in [2.75, 3.05) is 20.8 Å². The molecule has 0 radical (unpaired) electrons. The first-order chi connectivity index (χ1) is 12.9. The number of ether oxygens (including phenoxy) is 3. The first-order valence-electron chi connectivity index (χ1n) is 9.42. The number of carbonyl (C=O) groups is 1. The van der Waals surface area contributed by atoms with E-state index in [1.807, 2.05) is 25.1 Å². The normalized spacial score (nSPS) is 30.4. The molecule has 0 saturated heterocycles. The molecule has 0 aliphatic heterocycles. The minimum Gasteiger partial charge on any atom is -0.493 e. The summed E-state index contributed by atoms with van der Waals surface area (Å²) in [5.74, 6) is 0.633. The van der Waals surface area contributed by atoms with Crippen LogP contribution in [-0.4, -0.2) is 37.5 Å². The van der Waals surface area contributed by atoms with Gasteiger partial charge in [-0.3, -0.25) is 0 Å². The lowest BCUT2D eigenvalue weighted by molar-refractivity contribution is -0.175. The van der Waals surface area contributed by atoms with Crippen LogP contribution in [0.15, 0.2) is 18.2 Å². The zero-order chi connectivity index (χ0) is 19.7. The molecule has 0 heterocycles. The van der Waals surface area contributed by atoms with Gasteiger partial charge in [-0.25, -0.2) is 4.79 Å². The van der Waals surface area contributed by atoms with E-state index in [0.717, 1.165) is 5.56 Å². The molecule has 3 rings (SSSR count). The second-order valence-corrected chi connectivity index (χ2v) is 7.82. The number of carboxylic acids is 1. The maximum Gasteiger partial charge on any atom is 0.336 e. The molecule has 0 spiro atoms. The van der Waals surface area contributed by atoms with Crippen molar-refractivity contribution in [3.63, 3.8) is 0 Å². The van der Waals surface area contributed by atoms with Gasteiger partial charge in [-0.2, -0.15) is 5.26 Å². The summed E-state index contributed by atoms with van der Waals surface area (Å²) in [5, 5.41) is 19.7. The van der Waals surface area contributed by atoms with E-state index in [0.29, 0.717) is 36.9 Å². The fourth-order valence-corrected chi connectivity index (χ4v) is 4.15. The van der Waals surface area contributed by atoms with Gasteiger partial charge in [0.2, 0.25) is 0 Å². The number of rotatable bonds is 7. The summed E-state index contributed by atoms with van der Waals surface area (Å²) in [6, 6.07) is 8.07. The molecular weight excluding hydrogens is 346 g/mol. The van der Waals surface area contributed by atoms with Crippen molar-refractivity contribution in [3.8, 4) is 17.6 Å². The minimum absolute atomic E-state index is 0.290. The predicted octanol–water partition coefficient (Wildman–Crippen LogP) is 3.54. The highest BCUT2D eigenvalue weighted by atomic mass is 16.5. The fourth-order valence-electron chi connectivity index (χ4n) is 4.15. The molecule has 2 aliphatic carbocycles. The smallest absolute Gasteiger partial charge is 0.336 e. The van der Waals surface area contributed by atoms with Gasteiger partial charge in [-0.1, -0.05) is 13.0 Å². The molecule has 6 nitrogen and oxygen atoms in total. The van der Waals surface area contributed by atoms with Crippen LogP contribution in [-0.2, 0) is 14.9 Å². The van der Waals surface area contributed by atoms with Gasteiger partial charge in [0.15, 0.2) is 17.1 Å². The lowest BCUT2D eigenvalue weighted by Gasteiger charge is -2.44. The van der Waals surface area contributed by atoms with Crippen molar-refractivity contribution in [2.45, 2.75) is 50.0 Å². The van der Waals surface area contributed by atoms with Crippen LogP contribution >= 0.6 is 0 Å². The van der Waals surface area contributed by atoms with Crippen molar-refractivity contribution in [3.05, 3.63) is 23.8 Å². The van der Waals surface area contributed by atoms with Crippen LogP contribution in [0.2, 0.25) is 0 Å². The molecule has 27 heavy (non-hydrogen) atoms. The SMILES string of the molecule is COc1ccc(C2(C#N)CC[C@@](OC)(C(=O)O)[C@H](C)C2)cc1OCC1CC1. The molecule has 146 valence electrons. The Kier molecular flexibility index (Phi) is 5.34. The molecule has 3 atom stereocenters. The summed E-state index contributed by atoms with van der Waals surface area (Å²) in [6.07, 6.45) is 3.50. The highest BCUT2D eigenvalue weighted by molar-refractivity contribution is 5.78. The second-order valence-electron chi connectivity index (χ2n) is 7.82. The monoisotopic (exact) mass is 373 g/mol. The Bertz CT molecular complexity index is 753. The number of hydrogen-bond donors (Lipinski definition) is 1. The number of nitriles is 1. The zero-order valence-corrected chi connectivity index (χ0v) is 16.2. The van der Waals surface area contributed by atoms with Gasteiger partial charge in [0, 0.05) is 7.11 Å². The molecule has 1 unspecified atom stereocenters. The maximum absolute atomic E-state index is 11.8. The Hall–Kier alpha value is -2.26. The number of benzene rings is 1. The zero-order valence-electron chi connectivity index (χ0n) is 16.2. The van der Waals surface area contributed by atoms with Gasteiger partial charge in [0.25, 0.3) is 0 Å². The van der Waals surface area contributed by atoms with Crippen molar-refractivity contribution in [1.29, 1.82) is 5.26 Å². The highest BCUT2D eigenvalue weighted by Crippen LogP contribution is 2.48. The number of nitrogens with zero attached hydrogens (tertiary/aromatic N) is 1. The average Bonchev–Trinajstić information content (AvgIpc) is 3.50. The Labute approximate surface area is 160 Å². The lowest BCUT2D eigenvalue weighted by atomic mass is 9.61. The van der Waals surface area contributed by atoms with Gasteiger partial charge >= 0.3 is 5.97 Å². The molecule has 1 N–H and O–H groups in total. The lowest BCUT2D eigenvalue weighted by Crippen LogP contribution is -2.53. The van der Waals surface area contributed by atoms with Crippen molar-refractivity contribution in [2.24, 2.45) is 11.8 Å². The summed E-state index contributed by atoms with van der Waals surface area (Å²) < 4.78 is 16.8. The van der Waals surface area contributed by atoms with E-state index in [-0.39, 0.29) is 12.3 Å². The molecular formula is C21H27NO5. The largest absolute Gasteiger partial charge is 0.493 e. The third kappa shape index (κ3) is 3.49. The van der Waals surface area contributed by atoms with Gasteiger partial charge in [0.1, 0.15) is 0 Å². The van der Waals surface area contributed by atoms with Crippen LogP contribution in [0.25, 0.3) is 0 Å². The van der Waals surface area contributed by atoms with E-state index in [4.69, 9.17) is 14.2 Å². The molecule has 0 aromatic heterocycles. The third-order valence-electron chi connectivity index (χ3n) is 6.20. The molecule has 2 aliphatic rings. The van der Waals surface area contributed by atoms with E-state index in [1.165, 1.54) is 20.0 Å². The van der Waals surface area contributed by atoms with E-state index < -0.39 is 17.0 Å². The Balaban J connectivity index is 1.90. The maximum atomic E-state index is 11.8. The Morgan fingerprint density at radius 3 is 2.56 bits per heavy atom. The van der Waals surface area contributed by atoms with Gasteiger partial charge in [-0.05, 0) is 61.6 Å². The summed E-state index contributed by atoms with van der Waals surface area (Å²) >= 11 is 0. The van der Waals surface area contributed by atoms with Crippen LogP contribution in [0.4, 0.5) is 0 Å². The standard InChI is InChI=1S/C21H27NO5/c1-14-11-20(13-22,8-9-21(14,26-3)19(23)24)16-6-7-17(25-2)18(10-16)27-12-15-4-5-15/h6-7,10,14-15H,4-5,8-9,11-12H2,1-3H3,(H,23,24)/t14-,20?,21+/m1/s1. The molecule has 0 bridgehead atoms. The minimum atomic E-state index is -1.24. The summed E-state index contributed by atoms with van der Waals surface area (Å²) in [6.45, 7) is 2.50. The van der Waals surface area contributed by atoms with Gasteiger partial charge in [-0.15, -0.1) is 0 Å². The highest BCUT2D eigenvalue weighted by Gasteiger charge is 2.53. The number of carboxylic acid groups (broad SMARTS) is 1. The summed E-state index contributed by atoms with van der Waals surface area (Å²) in [5.41, 5.74) is -1.16. The molecule has 1 aromatic carbocycles. The van der Waals surface area contributed by atoms with E-state index in [2.05, 4.69) is 6.07 Å².